The minimum atomic E-state index is 0.0254. The summed E-state index contributed by atoms with van der Waals surface area (Å²) in [6.07, 6.45) is 2.20. The van der Waals surface area contributed by atoms with Gasteiger partial charge in [0.25, 0.3) is 0 Å². The highest BCUT2D eigenvalue weighted by atomic mass is 16.1. The fraction of sp³-hybridized carbons (Fsp3) is 0.333. The Kier molecular flexibility index (Phi) is 5.53. The van der Waals surface area contributed by atoms with Crippen molar-refractivity contribution < 1.29 is 4.79 Å². The maximum absolute atomic E-state index is 11.7. The van der Waals surface area contributed by atoms with E-state index in [0.717, 1.165) is 18.1 Å². The van der Waals surface area contributed by atoms with Crippen molar-refractivity contribution in [2.75, 3.05) is 10.6 Å². The number of hydrogen-bond acceptors (Lipinski definition) is 3. The topological polar surface area (TPSA) is 54.0 Å². The normalized spacial score (nSPS) is 10.5. The lowest BCUT2D eigenvalue weighted by Gasteiger charge is -2.10. The largest absolute Gasteiger partial charge is 0.366 e. The molecule has 0 saturated heterocycles. The molecule has 1 aromatic heterocycles. The van der Waals surface area contributed by atoms with Gasteiger partial charge in [-0.2, -0.15) is 0 Å². The molecule has 0 aliphatic carbocycles. The molecule has 0 saturated carbocycles. The molecule has 0 aliphatic rings. The Morgan fingerprint density at radius 2 is 1.95 bits per heavy atom. The van der Waals surface area contributed by atoms with Gasteiger partial charge in [0, 0.05) is 13.0 Å². The van der Waals surface area contributed by atoms with Crippen LogP contribution in [0.2, 0.25) is 0 Å². The Hall–Kier alpha value is -2.36. The molecule has 0 aliphatic heterocycles. The Bertz CT molecular complexity index is 620. The number of benzene rings is 1. The highest BCUT2D eigenvalue weighted by Crippen LogP contribution is 2.13. The van der Waals surface area contributed by atoms with Crippen molar-refractivity contribution in [3.05, 3.63) is 53.7 Å². The number of amides is 1. The number of rotatable bonds is 6. The van der Waals surface area contributed by atoms with Crippen molar-refractivity contribution in [2.24, 2.45) is 5.92 Å². The van der Waals surface area contributed by atoms with E-state index in [1.807, 2.05) is 38.1 Å². The summed E-state index contributed by atoms with van der Waals surface area (Å²) in [5, 5.41) is 6.14. The average Bonchev–Trinajstić information content (AvgIpc) is 2.47. The van der Waals surface area contributed by atoms with Crippen LogP contribution in [0, 0.1) is 12.8 Å². The van der Waals surface area contributed by atoms with Gasteiger partial charge in [-0.25, -0.2) is 4.98 Å². The average molecular weight is 297 g/mol. The zero-order chi connectivity index (χ0) is 15.9. The van der Waals surface area contributed by atoms with Gasteiger partial charge in [0.2, 0.25) is 5.91 Å². The maximum atomic E-state index is 11.7. The Morgan fingerprint density at radius 3 is 2.59 bits per heavy atom. The monoisotopic (exact) mass is 297 g/mol. The van der Waals surface area contributed by atoms with Crippen molar-refractivity contribution in [3.63, 3.8) is 0 Å². The van der Waals surface area contributed by atoms with Gasteiger partial charge in [-0.05, 0) is 36.1 Å². The van der Waals surface area contributed by atoms with Crippen molar-refractivity contribution in [3.8, 4) is 0 Å². The molecule has 0 spiro atoms. The quantitative estimate of drug-likeness (QED) is 0.847. The number of aromatic nitrogens is 1. The molecule has 0 radical (unpaired) electrons. The second-order valence-electron chi connectivity index (χ2n) is 5.86. The number of carbonyl (C=O) groups is 1. The van der Waals surface area contributed by atoms with Gasteiger partial charge in [0.15, 0.2) is 0 Å². The zero-order valence-electron chi connectivity index (χ0n) is 13.4. The fourth-order valence-electron chi connectivity index (χ4n) is 2.15. The Balaban J connectivity index is 1.89. The van der Waals surface area contributed by atoms with Gasteiger partial charge >= 0.3 is 0 Å². The number of hydrogen-bond donors (Lipinski definition) is 2. The van der Waals surface area contributed by atoms with E-state index in [9.17, 15) is 4.79 Å². The molecule has 22 heavy (non-hydrogen) atoms. The van der Waals surface area contributed by atoms with E-state index in [1.54, 1.807) is 6.20 Å². The third kappa shape index (κ3) is 4.88. The molecule has 0 unspecified atom stereocenters. The van der Waals surface area contributed by atoms with E-state index in [-0.39, 0.29) is 5.91 Å². The first kappa shape index (κ1) is 16.0. The van der Waals surface area contributed by atoms with Gasteiger partial charge in [0.05, 0.1) is 11.9 Å². The van der Waals surface area contributed by atoms with Gasteiger partial charge in [-0.3, -0.25) is 4.79 Å². The van der Waals surface area contributed by atoms with Crippen molar-refractivity contribution in [2.45, 2.75) is 33.7 Å². The minimum absolute atomic E-state index is 0.0254. The molecule has 4 nitrogen and oxygen atoms in total. The summed E-state index contributed by atoms with van der Waals surface area (Å²) in [5.74, 6) is 1.17. The van der Waals surface area contributed by atoms with E-state index in [2.05, 4.69) is 34.7 Å². The van der Waals surface area contributed by atoms with E-state index in [4.69, 9.17) is 0 Å². The molecular weight excluding hydrogens is 274 g/mol. The smallest absolute Gasteiger partial charge is 0.224 e. The molecule has 0 atom stereocenters. The molecule has 0 fully saturated rings. The first-order chi connectivity index (χ1) is 10.5. The van der Waals surface area contributed by atoms with Crippen LogP contribution >= 0.6 is 0 Å². The third-order valence-electron chi connectivity index (χ3n) is 3.36. The van der Waals surface area contributed by atoms with Crippen molar-refractivity contribution >= 4 is 17.4 Å². The van der Waals surface area contributed by atoms with E-state index in [1.165, 1.54) is 11.1 Å². The third-order valence-corrected chi connectivity index (χ3v) is 3.36. The summed E-state index contributed by atoms with van der Waals surface area (Å²) >= 11 is 0. The SMILES string of the molecule is Cc1ccccc1CNc1ccc(NC(=O)CC(C)C)cn1. The number of carbonyl (C=O) groups excluding carboxylic acids is 1. The molecule has 116 valence electrons. The number of nitrogens with zero attached hydrogens (tertiary/aromatic N) is 1. The summed E-state index contributed by atoms with van der Waals surface area (Å²) in [6.45, 7) is 6.88. The predicted octanol–water partition coefficient (Wildman–Crippen LogP) is 3.99. The summed E-state index contributed by atoms with van der Waals surface area (Å²) < 4.78 is 0. The maximum Gasteiger partial charge on any atom is 0.224 e. The van der Waals surface area contributed by atoms with Crippen LogP contribution in [0.4, 0.5) is 11.5 Å². The lowest BCUT2D eigenvalue weighted by atomic mass is 10.1. The second kappa shape index (κ2) is 7.59. The molecular formula is C18H23N3O. The highest BCUT2D eigenvalue weighted by Gasteiger charge is 2.05. The van der Waals surface area contributed by atoms with Gasteiger partial charge < -0.3 is 10.6 Å². The van der Waals surface area contributed by atoms with Gasteiger partial charge in [0.1, 0.15) is 5.82 Å². The molecule has 1 heterocycles. The first-order valence-electron chi connectivity index (χ1n) is 7.59. The number of anilines is 2. The minimum Gasteiger partial charge on any atom is -0.366 e. The van der Waals surface area contributed by atoms with E-state index in [0.29, 0.717) is 12.3 Å². The van der Waals surface area contributed by atoms with Crippen molar-refractivity contribution in [1.82, 2.24) is 4.98 Å². The van der Waals surface area contributed by atoms with E-state index >= 15 is 0 Å². The van der Waals surface area contributed by atoms with Gasteiger partial charge in [-0.1, -0.05) is 38.1 Å². The number of pyridine rings is 1. The summed E-state index contributed by atoms with van der Waals surface area (Å²) in [4.78, 5) is 16.0. The Morgan fingerprint density at radius 1 is 1.18 bits per heavy atom. The van der Waals surface area contributed by atoms with Crippen LogP contribution in [0.25, 0.3) is 0 Å². The lowest BCUT2D eigenvalue weighted by Crippen LogP contribution is -2.14. The van der Waals surface area contributed by atoms with Crippen molar-refractivity contribution in [1.29, 1.82) is 0 Å². The standard InChI is InChI=1S/C18H23N3O/c1-13(2)10-18(22)21-16-8-9-17(20-12-16)19-11-15-7-5-4-6-14(15)3/h4-9,12-13H,10-11H2,1-3H3,(H,19,20)(H,21,22). The number of nitrogens with one attached hydrogen (secondary N) is 2. The van der Waals surface area contributed by atoms with Gasteiger partial charge in [-0.15, -0.1) is 0 Å². The fourth-order valence-corrected chi connectivity index (χ4v) is 2.15. The zero-order valence-corrected chi connectivity index (χ0v) is 13.4. The van der Waals surface area contributed by atoms with Crippen LogP contribution in [-0.2, 0) is 11.3 Å². The second-order valence-corrected chi connectivity index (χ2v) is 5.86. The van der Waals surface area contributed by atoms with Crippen LogP contribution in [0.1, 0.15) is 31.4 Å². The first-order valence-corrected chi connectivity index (χ1v) is 7.59. The Labute approximate surface area is 132 Å². The molecule has 2 aromatic rings. The lowest BCUT2D eigenvalue weighted by molar-refractivity contribution is -0.116. The summed E-state index contributed by atoms with van der Waals surface area (Å²) in [6, 6.07) is 12.0. The molecule has 1 amide bonds. The summed E-state index contributed by atoms with van der Waals surface area (Å²) in [5.41, 5.74) is 3.23. The van der Waals surface area contributed by atoms with Crippen LogP contribution in [0.5, 0.6) is 0 Å². The highest BCUT2D eigenvalue weighted by molar-refractivity contribution is 5.90. The molecule has 2 rings (SSSR count). The molecule has 4 heteroatoms. The molecule has 0 bridgehead atoms. The molecule has 1 aromatic carbocycles. The van der Waals surface area contributed by atoms with Crippen LogP contribution < -0.4 is 10.6 Å². The molecule has 2 N–H and O–H groups in total. The van der Waals surface area contributed by atoms with Crippen LogP contribution in [-0.4, -0.2) is 10.9 Å². The van der Waals surface area contributed by atoms with E-state index < -0.39 is 0 Å². The predicted molar refractivity (Wildman–Crippen MR) is 90.8 cm³/mol. The summed E-state index contributed by atoms with van der Waals surface area (Å²) in [7, 11) is 0. The number of aryl methyl sites for hydroxylation is 1. The van der Waals surface area contributed by atoms with Crippen LogP contribution in [0.15, 0.2) is 42.6 Å². The van der Waals surface area contributed by atoms with Crippen LogP contribution in [0.3, 0.4) is 0 Å².